The molecule has 1 fully saturated rings. The first-order chi connectivity index (χ1) is 11.6. The van der Waals surface area contributed by atoms with Crippen LogP contribution < -0.4 is 4.74 Å². The average molecular weight is 346 g/mol. The number of amides is 1. The molecular weight excluding hydrogens is 326 g/mol. The lowest BCUT2D eigenvalue weighted by Gasteiger charge is -2.32. The molecule has 3 rings (SSSR count). The highest BCUT2D eigenvalue weighted by molar-refractivity contribution is 6.31. The molecule has 1 aromatic carbocycles. The van der Waals surface area contributed by atoms with Gasteiger partial charge in [-0.1, -0.05) is 29.8 Å². The van der Waals surface area contributed by atoms with Crippen molar-refractivity contribution in [1.82, 2.24) is 14.9 Å². The third-order valence-electron chi connectivity index (χ3n) is 4.07. The van der Waals surface area contributed by atoms with Crippen LogP contribution in [0.4, 0.5) is 0 Å². The molecule has 2 heterocycles. The highest BCUT2D eigenvalue weighted by Gasteiger charge is 2.25. The van der Waals surface area contributed by atoms with Crippen LogP contribution in [0.5, 0.6) is 5.88 Å². The Bertz CT molecular complexity index is 723. The molecule has 1 saturated heterocycles. The molecule has 126 valence electrons. The standard InChI is InChI=1S/C18H20ClN3O2/c1-13-20-9-8-17(21-13)24-15-6-4-10-22(12-15)18(23)11-14-5-2-3-7-16(14)19/h2-3,5,7-9,15H,4,6,10-12H2,1H3. The predicted molar refractivity (Wildman–Crippen MR) is 92.2 cm³/mol. The number of nitrogens with zero attached hydrogens (tertiary/aromatic N) is 3. The van der Waals surface area contributed by atoms with Gasteiger partial charge in [0.2, 0.25) is 11.8 Å². The molecule has 1 amide bonds. The molecule has 24 heavy (non-hydrogen) atoms. The zero-order valence-electron chi connectivity index (χ0n) is 13.6. The number of rotatable bonds is 4. The van der Waals surface area contributed by atoms with Crippen LogP contribution in [-0.4, -0.2) is 40.0 Å². The van der Waals surface area contributed by atoms with Gasteiger partial charge in [-0.2, -0.15) is 4.98 Å². The number of ether oxygens (including phenoxy) is 1. The van der Waals surface area contributed by atoms with Gasteiger partial charge < -0.3 is 9.64 Å². The molecule has 1 unspecified atom stereocenters. The molecule has 1 aliphatic heterocycles. The minimum Gasteiger partial charge on any atom is -0.472 e. The molecule has 0 radical (unpaired) electrons. The molecule has 6 heteroatoms. The van der Waals surface area contributed by atoms with E-state index < -0.39 is 0 Å². The Kier molecular flexibility index (Phi) is 5.30. The fourth-order valence-corrected chi connectivity index (χ4v) is 3.05. The lowest BCUT2D eigenvalue weighted by atomic mass is 10.1. The van der Waals surface area contributed by atoms with Crippen LogP contribution in [-0.2, 0) is 11.2 Å². The number of piperidine rings is 1. The Labute approximate surface area is 146 Å². The summed E-state index contributed by atoms with van der Waals surface area (Å²) in [6.45, 7) is 3.16. The van der Waals surface area contributed by atoms with Crippen LogP contribution in [0.2, 0.25) is 5.02 Å². The fourth-order valence-electron chi connectivity index (χ4n) is 2.85. The molecular formula is C18H20ClN3O2. The van der Waals surface area contributed by atoms with Crippen molar-refractivity contribution < 1.29 is 9.53 Å². The van der Waals surface area contributed by atoms with Gasteiger partial charge in [0.1, 0.15) is 11.9 Å². The second-order valence-electron chi connectivity index (χ2n) is 5.93. The van der Waals surface area contributed by atoms with Gasteiger partial charge in [0.05, 0.1) is 13.0 Å². The first-order valence-electron chi connectivity index (χ1n) is 8.09. The molecule has 0 bridgehead atoms. The molecule has 1 aliphatic rings. The Morgan fingerprint density at radius 1 is 1.38 bits per heavy atom. The van der Waals surface area contributed by atoms with Crippen molar-refractivity contribution in [2.24, 2.45) is 0 Å². The largest absolute Gasteiger partial charge is 0.472 e. The summed E-state index contributed by atoms with van der Waals surface area (Å²) in [6.07, 6.45) is 3.80. The maximum absolute atomic E-state index is 12.6. The third kappa shape index (κ3) is 4.23. The highest BCUT2D eigenvalue weighted by Crippen LogP contribution is 2.20. The summed E-state index contributed by atoms with van der Waals surface area (Å²) in [7, 11) is 0. The number of halogens is 1. The van der Waals surface area contributed by atoms with Crippen molar-refractivity contribution in [2.75, 3.05) is 13.1 Å². The van der Waals surface area contributed by atoms with Crippen LogP contribution in [0.15, 0.2) is 36.5 Å². The Hall–Kier alpha value is -2.14. The minimum atomic E-state index is -0.0387. The van der Waals surface area contributed by atoms with Crippen LogP contribution in [0, 0.1) is 6.92 Å². The highest BCUT2D eigenvalue weighted by atomic mass is 35.5. The number of benzene rings is 1. The molecule has 0 spiro atoms. The summed E-state index contributed by atoms with van der Waals surface area (Å²) in [4.78, 5) is 22.7. The molecule has 0 aliphatic carbocycles. The smallest absolute Gasteiger partial charge is 0.227 e. The summed E-state index contributed by atoms with van der Waals surface area (Å²) >= 11 is 6.15. The van der Waals surface area contributed by atoms with Crippen LogP contribution in [0.25, 0.3) is 0 Å². The number of hydrogen-bond acceptors (Lipinski definition) is 4. The first-order valence-corrected chi connectivity index (χ1v) is 8.47. The summed E-state index contributed by atoms with van der Waals surface area (Å²) in [5.74, 6) is 1.32. The quantitative estimate of drug-likeness (QED) is 0.854. The zero-order valence-corrected chi connectivity index (χ0v) is 14.4. The van der Waals surface area contributed by atoms with E-state index in [0.29, 0.717) is 29.7 Å². The molecule has 2 aromatic rings. The molecule has 1 aromatic heterocycles. The molecule has 0 saturated carbocycles. The fraction of sp³-hybridized carbons (Fsp3) is 0.389. The van der Waals surface area contributed by atoms with Gasteiger partial charge >= 0.3 is 0 Å². The number of hydrogen-bond donors (Lipinski definition) is 0. The van der Waals surface area contributed by atoms with E-state index >= 15 is 0 Å². The number of carbonyl (C=O) groups is 1. The van der Waals surface area contributed by atoms with Crippen molar-refractivity contribution in [3.63, 3.8) is 0 Å². The van der Waals surface area contributed by atoms with E-state index in [1.54, 1.807) is 12.3 Å². The Morgan fingerprint density at radius 2 is 2.21 bits per heavy atom. The van der Waals surface area contributed by atoms with E-state index in [9.17, 15) is 4.79 Å². The van der Waals surface area contributed by atoms with E-state index in [1.807, 2.05) is 36.1 Å². The van der Waals surface area contributed by atoms with Gasteiger partial charge in [-0.3, -0.25) is 4.79 Å². The van der Waals surface area contributed by atoms with Gasteiger partial charge in [0.25, 0.3) is 0 Å². The lowest BCUT2D eigenvalue weighted by molar-refractivity contribution is -0.133. The monoisotopic (exact) mass is 345 g/mol. The van der Waals surface area contributed by atoms with Crippen molar-refractivity contribution in [1.29, 1.82) is 0 Å². The average Bonchev–Trinajstić information content (AvgIpc) is 2.57. The summed E-state index contributed by atoms with van der Waals surface area (Å²) < 4.78 is 5.92. The van der Waals surface area contributed by atoms with Gasteiger partial charge in [-0.15, -0.1) is 0 Å². The van der Waals surface area contributed by atoms with Gasteiger partial charge in [0, 0.05) is 23.8 Å². The maximum Gasteiger partial charge on any atom is 0.227 e. The van der Waals surface area contributed by atoms with E-state index in [0.717, 1.165) is 24.9 Å². The molecule has 5 nitrogen and oxygen atoms in total. The molecule has 0 N–H and O–H groups in total. The van der Waals surface area contributed by atoms with Crippen molar-refractivity contribution in [3.8, 4) is 5.88 Å². The van der Waals surface area contributed by atoms with Crippen LogP contribution in [0.3, 0.4) is 0 Å². The van der Waals surface area contributed by atoms with Crippen molar-refractivity contribution in [2.45, 2.75) is 32.3 Å². The maximum atomic E-state index is 12.6. The van der Waals surface area contributed by atoms with E-state index in [-0.39, 0.29) is 12.0 Å². The van der Waals surface area contributed by atoms with Crippen molar-refractivity contribution >= 4 is 17.5 Å². The van der Waals surface area contributed by atoms with Gasteiger partial charge in [-0.25, -0.2) is 4.98 Å². The SMILES string of the molecule is Cc1nccc(OC2CCCN(C(=O)Cc3ccccc3Cl)C2)n1. The zero-order chi connectivity index (χ0) is 16.9. The normalized spacial score (nSPS) is 17.6. The van der Waals surface area contributed by atoms with Gasteiger partial charge in [-0.05, 0) is 31.4 Å². The Balaban J connectivity index is 1.60. The lowest BCUT2D eigenvalue weighted by Crippen LogP contribution is -2.45. The minimum absolute atomic E-state index is 0.0387. The number of aromatic nitrogens is 2. The van der Waals surface area contributed by atoms with Crippen LogP contribution in [0.1, 0.15) is 24.2 Å². The number of aryl methyl sites for hydroxylation is 1. The summed E-state index contributed by atoms with van der Waals surface area (Å²) in [5.41, 5.74) is 0.860. The summed E-state index contributed by atoms with van der Waals surface area (Å²) in [5, 5.41) is 0.632. The second-order valence-corrected chi connectivity index (χ2v) is 6.34. The summed E-state index contributed by atoms with van der Waals surface area (Å²) in [6, 6.07) is 9.21. The first kappa shape index (κ1) is 16.7. The van der Waals surface area contributed by atoms with E-state index in [1.165, 1.54) is 0 Å². The van der Waals surface area contributed by atoms with E-state index in [4.69, 9.17) is 16.3 Å². The molecule has 1 atom stereocenters. The number of carbonyl (C=O) groups excluding carboxylic acids is 1. The Morgan fingerprint density at radius 3 is 3.00 bits per heavy atom. The predicted octanol–water partition coefficient (Wildman–Crippen LogP) is 3.05. The third-order valence-corrected chi connectivity index (χ3v) is 4.44. The van der Waals surface area contributed by atoms with Crippen LogP contribution >= 0.6 is 11.6 Å². The second kappa shape index (κ2) is 7.62. The van der Waals surface area contributed by atoms with Gasteiger partial charge in [0.15, 0.2) is 0 Å². The van der Waals surface area contributed by atoms with Crippen molar-refractivity contribution in [3.05, 3.63) is 52.9 Å². The number of likely N-dealkylation sites (tertiary alicyclic amines) is 1. The van der Waals surface area contributed by atoms with E-state index in [2.05, 4.69) is 9.97 Å². The topological polar surface area (TPSA) is 55.3 Å².